The number of halogens is 1. The predicted molar refractivity (Wildman–Crippen MR) is 78.8 cm³/mol. The third kappa shape index (κ3) is 5.73. The van der Waals surface area contributed by atoms with Crippen molar-refractivity contribution in [2.45, 2.75) is 34.2 Å². The molecule has 3 nitrogen and oxygen atoms in total. The van der Waals surface area contributed by atoms with Gasteiger partial charge < -0.3 is 10.6 Å². The summed E-state index contributed by atoms with van der Waals surface area (Å²) in [7, 11) is 0. The highest BCUT2D eigenvalue weighted by Crippen LogP contribution is 2.09. The van der Waals surface area contributed by atoms with Crippen LogP contribution in [-0.2, 0) is 6.54 Å². The fraction of sp³-hybridized carbons (Fsp3) is 0.533. The molecule has 0 aliphatic carbocycles. The van der Waals surface area contributed by atoms with Crippen molar-refractivity contribution in [3.63, 3.8) is 0 Å². The zero-order valence-corrected chi connectivity index (χ0v) is 12.3. The van der Waals surface area contributed by atoms with Crippen LogP contribution >= 0.6 is 0 Å². The van der Waals surface area contributed by atoms with E-state index in [1.54, 1.807) is 13.0 Å². The second kappa shape index (κ2) is 7.77. The zero-order chi connectivity index (χ0) is 14.3. The molecule has 2 N–H and O–H groups in total. The summed E-state index contributed by atoms with van der Waals surface area (Å²) in [6.45, 7) is 10.4. The van der Waals surface area contributed by atoms with Crippen LogP contribution in [0.3, 0.4) is 0 Å². The number of benzene rings is 1. The summed E-state index contributed by atoms with van der Waals surface area (Å²) in [6.07, 6.45) is 0. The Morgan fingerprint density at radius 2 is 2.05 bits per heavy atom. The SMILES string of the molecule is CCNC(=NCc1ccc(F)c(C)c1)NCC(C)C. The number of rotatable bonds is 5. The Kier molecular flexibility index (Phi) is 6.33. The van der Waals surface area contributed by atoms with E-state index in [-0.39, 0.29) is 5.82 Å². The van der Waals surface area contributed by atoms with Crippen molar-refractivity contribution < 1.29 is 4.39 Å². The Morgan fingerprint density at radius 3 is 2.63 bits per heavy atom. The largest absolute Gasteiger partial charge is 0.357 e. The van der Waals surface area contributed by atoms with Crippen LogP contribution in [0.2, 0.25) is 0 Å². The standard InChI is InChI=1S/C15H24FN3/c1-5-17-15(18-9-11(2)3)19-10-13-6-7-14(16)12(4)8-13/h6-8,11H,5,9-10H2,1-4H3,(H2,17,18,19). The van der Waals surface area contributed by atoms with Gasteiger partial charge in [-0.15, -0.1) is 0 Å². The highest BCUT2D eigenvalue weighted by Gasteiger charge is 2.01. The van der Waals surface area contributed by atoms with E-state index in [1.807, 2.05) is 13.0 Å². The molecule has 19 heavy (non-hydrogen) atoms. The van der Waals surface area contributed by atoms with Crippen molar-refractivity contribution in [1.82, 2.24) is 10.6 Å². The molecule has 0 radical (unpaired) electrons. The van der Waals surface area contributed by atoms with Gasteiger partial charge in [-0.05, 0) is 37.0 Å². The van der Waals surface area contributed by atoms with Gasteiger partial charge in [-0.3, -0.25) is 0 Å². The molecule has 0 heterocycles. The molecule has 4 heteroatoms. The van der Waals surface area contributed by atoms with Crippen molar-refractivity contribution >= 4 is 5.96 Å². The van der Waals surface area contributed by atoms with Gasteiger partial charge in [-0.25, -0.2) is 9.38 Å². The number of hydrogen-bond donors (Lipinski definition) is 2. The lowest BCUT2D eigenvalue weighted by atomic mass is 10.1. The molecule has 0 fully saturated rings. The van der Waals surface area contributed by atoms with Crippen LogP contribution in [0.1, 0.15) is 31.9 Å². The molecule has 0 unspecified atom stereocenters. The van der Waals surface area contributed by atoms with Crippen LogP contribution in [0, 0.1) is 18.7 Å². The number of hydrogen-bond acceptors (Lipinski definition) is 1. The average molecular weight is 265 g/mol. The van der Waals surface area contributed by atoms with Crippen LogP contribution in [0.4, 0.5) is 4.39 Å². The molecule has 0 atom stereocenters. The average Bonchev–Trinajstić information content (AvgIpc) is 2.36. The van der Waals surface area contributed by atoms with E-state index in [0.717, 1.165) is 24.6 Å². The maximum atomic E-state index is 13.2. The minimum absolute atomic E-state index is 0.169. The number of aryl methyl sites for hydroxylation is 1. The monoisotopic (exact) mass is 265 g/mol. The first-order chi connectivity index (χ1) is 9.02. The molecule has 0 saturated carbocycles. The van der Waals surface area contributed by atoms with Gasteiger partial charge in [0, 0.05) is 13.1 Å². The van der Waals surface area contributed by atoms with Crippen molar-refractivity contribution in [3.05, 3.63) is 35.1 Å². The van der Waals surface area contributed by atoms with Gasteiger partial charge in [-0.1, -0.05) is 26.0 Å². The summed E-state index contributed by atoms with van der Waals surface area (Å²) in [4.78, 5) is 4.50. The summed E-state index contributed by atoms with van der Waals surface area (Å²) >= 11 is 0. The minimum Gasteiger partial charge on any atom is -0.357 e. The van der Waals surface area contributed by atoms with E-state index >= 15 is 0 Å². The van der Waals surface area contributed by atoms with Crippen molar-refractivity contribution in [2.24, 2.45) is 10.9 Å². The van der Waals surface area contributed by atoms with Crippen molar-refractivity contribution in [3.8, 4) is 0 Å². The summed E-state index contributed by atoms with van der Waals surface area (Å²) in [5.74, 6) is 1.20. The summed E-state index contributed by atoms with van der Waals surface area (Å²) in [5.41, 5.74) is 1.67. The molecule has 0 spiro atoms. The highest BCUT2D eigenvalue weighted by molar-refractivity contribution is 5.79. The van der Waals surface area contributed by atoms with E-state index in [1.165, 1.54) is 6.07 Å². The molecule has 0 aromatic heterocycles. The number of aliphatic imine (C=N–C) groups is 1. The van der Waals surface area contributed by atoms with Gasteiger partial charge in [0.25, 0.3) is 0 Å². The van der Waals surface area contributed by atoms with E-state index in [9.17, 15) is 4.39 Å². The van der Waals surface area contributed by atoms with Crippen LogP contribution < -0.4 is 10.6 Å². The third-order valence-electron chi connectivity index (χ3n) is 2.66. The molecule has 106 valence electrons. The van der Waals surface area contributed by atoms with Crippen LogP contribution in [0.15, 0.2) is 23.2 Å². The zero-order valence-electron chi connectivity index (χ0n) is 12.3. The quantitative estimate of drug-likeness (QED) is 0.634. The molecular formula is C15H24FN3. The smallest absolute Gasteiger partial charge is 0.191 e. The van der Waals surface area contributed by atoms with Crippen LogP contribution in [-0.4, -0.2) is 19.0 Å². The topological polar surface area (TPSA) is 36.4 Å². The molecule has 0 bridgehead atoms. The van der Waals surface area contributed by atoms with Crippen LogP contribution in [0.5, 0.6) is 0 Å². The summed E-state index contributed by atoms with van der Waals surface area (Å²) in [5, 5.41) is 6.48. The minimum atomic E-state index is -0.169. The Hall–Kier alpha value is -1.58. The lowest BCUT2D eigenvalue weighted by Crippen LogP contribution is -2.39. The van der Waals surface area contributed by atoms with Crippen molar-refractivity contribution in [1.29, 1.82) is 0 Å². The maximum absolute atomic E-state index is 13.2. The van der Waals surface area contributed by atoms with Gasteiger partial charge >= 0.3 is 0 Å². The maximum Gasteiger partial charge on any atom is 0.191 e. The Bertz CT molecular complexity index is 427. The lowest BCUT2D eigenvalue weighted by Gasteiger charge is -2.13. The first-order valence-corrected chi connectivity index (χ1v) is 6.80. The van der Waals surface area contributed by atoms with Gasteiger partial charge in [0.05, 0.1) is 6.54 Å². The number of nitrogens with one attached hydrogen (secondary N) is 2. The van der Waals surface area contributed by atoms with E-state index in [2.05, 4.69) is 29.5 Å². The van der Waals surface area contributed by atoms with E-state index in [4.69, 9.17) is 0 Å². The Balaban J connectivity index is 2.65. The lowest BCUT2D eigenvalue weighted by molar-refractivity contribution is 0.614. The van der Waals surface area contributed by atoms with Gasteiger partial charge in [0.1, 0.15) is 5.82 Å². The normalized spacial score (nSPS) is 11.8. The molecule has 0 amide bonds. The second-order valence-electron chi connectivity index (χ2n) is 5.05. The Labute approximate surface area is 115 Å². The van der Waals surface area contributed by atoms with Crippen LogP contribution in [0.25, 0.3) is 0 Å². The fourth-order valence-corrected chi connectivity index (χ4v) is 1.62. The predicted octanol–water partition coefficient (Wildman–Crippen LogP) is 2.85. The fourth-order valence-electron chi connectivity index (χ4n) is 1.62. The first-order valence-electron chi connectivity index (χ1n) is 6.80. The van der Waals surface area contributed by atoms with E-state index in [0.29, 0.717) is 18.0 Å². The number of guanidine groups is 1. The molecule has 0 saturated heterocycles. The van der Waals surface area contributed by atoms with Gasteiger partial charge in [0.2, 0.25) is 0 Å². The molecule has 0 aliphatic heterocycles. The van der Waals surface area contributed by atoms with Crippen molar-refractivity contribution in [2.75, 3.05) is 13.1 Å². The first kappa shape index (κ1) is 15.5. The summed E-state index contributed by atoms with van der Waals surface area (Å²) in [6, 6.07) is 5.11. The molecule has 1 aromatic rings. The third-order valence-corrected chi connectivity index (χ3v) is 2.66. The summed E-state index contributed by atoms with van der Waals surface area (Å²) < 4.78 is 13.2. The molecule has 1 rings (SSSR count). The second-order valence-corrected chi connectivity index (χ2v) is 5.05. The van der Waals surface area contributed by atoms with E-state index < -0.39 is 0 Å². The molecule has 0 aliphatic rings. The number of nitrogens with zero attached hydrogens (tertiary/aromatic N) is 1. The highest BCUT2D eigenvalue weighted by atomic mass is 19.1. The molecular weight excluding hydrogens is 241 g/mol. The Morgan fingerprint density at radius 1 is 1.32 bits per heavy atom. The molecule has 1 aromatic carbocycles. The van der Waals surface area contributed by atoms with Gasteiger partial charge in [-0.2, -0.15) is 0 Å². The van der Waals surface area contributed by atoms with Gasteiger partial charge in [0.15, 0.2) is 5.96 Å².